The number of nitrogens with zero attached hydrogens (tertiary/aromatic N) is 2. The molecule has 1 aromatic carbocycles. The van der Waals surface area contributed by atoms with Gasteiger partial charge in [0.1, 0.15) is 0 Å². The summed E-state index contributed by atoms with van der Waals surface area (Å²) < 4.78 is 5.21. The third kappa shape index (κ3) is 4.89. The first-order chi connectivity index (χ1) is 12.2. The number of benzene rings is 1. The van der Waals surface area contributed by atoms with Gasteiger partial charge >= 0.3 is 0 Å². The van der Waals surface area contributed by atoms with Crippen molar-refractivity contribution in [1.82, 2.24) is 9.80 Å². The molecule has 0 aromatic heterocycles. The highest BCUT2D eigenvalue weighted by Crippen LogP contribution is 2.27. The van der Waals surface area contributed by atoms with Crippen molar-refractivity contribution in [3.8, 4) is 11.5 Å². The van der Waals surface area contributed by atoms with Crippen LogP contribution in [0.4, 0.5) is 0 Å². The van der Waals surface area contributed by atoms with Gasteiger partial charge in [-0.2, -0.15) is 0 Å². The molecule has 0 radical (unpaired) electrons. The summed E-state index contributed by atoms with van der Waals surface area (Å²) in [7, 11) is 1.60. The van der Waals surface area contributed by atoms with Crippen molar-refractivity contribution < 1.29 is 9.84 Å². The van der Waals surface area contributed by atoms with Crippen LogP contribution in [0.15, 0.2) is 18.2 Å². The zero-order valence-corrected chi connectivity index (χ0v) is 15.9. The number of aromatic hydroxyl groups is 1. The number of methoxy groups -OCH3 is 1. The molecule has 0 bridgehead atoms. The van der Waals surface area contributed by atoms with Crippen LogP contribution in [0.1, 0.15) is 51.0 Å². The normalized spacial score (nSPS) is 22.0. The van der Waals surface area contributed by atoms with Gasteiger partial charge in [-0.3, -0.25) is 9.80 Å². The number of piperazine rings is 1. The fraction of sp³-hybridized carbons (Fsp3) is 0.714. The molecule has 2 fully saturated rings. The van der Waals surface area contributed by atoms with Crippen LogP contribution in [0.3, 0.4) is 0 Å². The monoisotopic (exact) mass is 346 g/mol. The highest BCUT2D eigenvalue weighted by molar-refractivity contribution is 5.41. The van der Waals surface area contributed by atoms with Crippen LogP contribution in [0.2, 0.25) is 0 Å². The van der Waals surface area contributed by atoms with Crippen molar-refractivity contribution in [2.75, 3.05) is 33.3 Å². The molecule has 0 amide bonds. The second-order valence-corrected chi connectivity index (χ2v) is 7.76. The maximum Gasteiger partial charge on any atom is 0.160 e. The minimum Gasteiger partial charge on any atom is -0.504 e. The van der Waals surface area contributed by atoms with Gasteiger partial charge in [-0.25, -0.2) is 0 Å². The van der Waals surface area contributed by atoms with Gasteiger partial charge in [0.15, 0.2) is 11.5 Å². The van der Waals surface area contributed by atoms with Gasteiger partial charge in [0, 0.05) is 38.3 Å². The first-order valence-corrected chi connectivity index (χ1v) is 10.0. The number of hydrogen-bond acceptors (Lipinski definition) is 4. The summed E-state index contributed by atoms with van der Waals surface area (Å²) in [5.74, 6) is 0.796. The molecule has 4 heteroatoms. The van der Waals surface area contributed by atoms with Crippen LogP contribution in [0, 0.1) is 0 Å². The first-order valence-electron chi connectivity index (χ1n) is 10.0. The van der Waals surface area contributed by atoms with E-state index in [4.69, 9.17) is 4.74 Å². The number of ether oxygens (including phenoxy) is 1. The molecule has 1 N–H and O–H groups in total. The van der Waals surface area contributed by atoms with E-state index in [2.05, 4.69) is 16.7 Å². The van der Waals surface area contributed by atoms with Crippen molar-refractivity contribution in [3.63, 3.8) is 0 Å². The Morgan fingerprint density at radius 3 is 2.52 bits per heavy atom. The molecule has 1 heterocycles. The maximum atomic E-state index is 9.71. The Hall–Kier alpha value is -1.26. The zero-order valence-electron chi connectivity index (χ0n) is 15.9. The molecule has 1 unspecified atom stereocenters. The highest BCUT2D eigenvalue weighted by Gasteiger charge is 2.26. The minimum atomic E-state index is 0.220. The van der Waals surface area contributed by atoms with Crippen LogP contribution >= 0.6 is 0 Å². The van der Waals surface area contributed by atoms with E-state index in [9.17, 15) is 5.11 Å². The van der Waals surface area contributed by atoms with Crippen molar-refractivity contribution in [2.24, 2.45) is 0 Å². The van der Waals surface area contributed by atoms with Crippen molar-refractivity contribution >= 4 is 0 Å². The lowest BCUT2D eigenvalue weighted by Gasteiger charge is -2.42. The van der Waals surface area contributed by atoms with Gasteiger partial charge in [-0.05, 0) is 50.3 Å². The fourth-order valence-corrected chi connectivity index (χ4v) is 4.43. The Balaban J connectivity index is 1.44. The Morgan fingerprint density at radius 1 is 1.12 bits per heavy atom. The van der Waals surface area contributed by atoms with Gasteiger partial charge in [-0.15, -0.1) is 0 Å². The van der Waals surface area contributed by atoms with Gasteiger partial charge < -0.3 is 9.84 Å². The molecule has 4 nitrogen and oxygen atoms in total. The first kappa shape index (κ1) is 18.5. The SMILES string of the molecule is COc1cc(CCC(C)N2CCN(C3CCCCC3)CC2)ccc1O. The lowest BCUT2D eigenvalue weighted by molar-refractivity contribution is 0.0586. The van der Waals surface area contributed by atoms with Gasteiger partial charge in [0.2, 0.25) is 0 Å². The predicted molar refractivity (Wildman–Crippen MR) is 102 cm³/mol. The Bertz CT molecular complexity index is 535. The summed E-state index contributed by atoms with van der Waals surface area (Å²) in [4.78, 5) is 5.39. The average molecular weight is 347 g/mol. The molecule has 1 atom stereocenters. The predicted octanol–water partition coefficient (Wildman–Crippen LogP) is 3.67. The molecule has 0 spiro atoms. The summed E-state index contributed by atoms with van der Waals surface area (Å²) in [6, 6.07) is 7.17. The van der Waals surface area contributed by atoms with Crippen LogP contribution in [-0.4, -0.2) is 60.3 Å². The standard InChI is InChI=1S/C21H34N2O2/c1-17(8-9-18-10-11-20(24)21(16-18)25-2)22-12-14-23(15-13-22)19-6-4-3-5-7-19/h10-11,16-17,19,24H,3-9,12-15H2,1-2H3. The summed E-state index contributed by atoms with van der Waals surface area (Å²) in [5, 5.41) is 9.71. The minimum absolute atomic E-state index is 0.220. The van der Waals surface area contributed by atoms with E-state index in [-0.39, 0.29) is 5.75 Å². The molecular weight excluding hydrogens is 312 g/mol. The quantitative estimate of drug-likeness (QED) is 0.852. The summed E-state index contributed by atoms with van der Waals surface area (Å²) in [5.41, 5.74) is 1.24. The van der Waals surface area contributed by atoms with Gasteiger partial charge in [-0.1, -0.05) is 25.3 Å². The second-order valence-electron chi connectivity index (χ2n) is 7.76. The molecule has 1 aromatic rings. The van der Waals surface area contributed by atoms with Gasteiger partial charge in [0.05, 0.1) is 7.11 Å². The topological polar surface area (TPSA) is 35.9 Å². The number of phenols is 1. The fourth-order valence-electron chi connectivity index (χ4n) is 4.43. The lowest BCUT2D eigenvalue weighted by Crippen LogP contribution is -2.53. The largest absolute Gasteiger partial charge is 0.504 e. The van der Waals surface area contributed by atoms with Crippen molar-refractivity contribution in [3.05, 3.63) is 23.8 Å². The van der Waals surface area contributed by atoms with Crippen LogP contribution in [0.25, 0.3) is 0 Å². The third-order valence-corrected chi connectivity index (χ3v) is 6.16. The third-order valence-electron chi connectivity index (χ3n) is 6.16. The van der Waals surface area contributed by atoms with E-state index in [1.54, 1.807) is 13.2 Å². The lowest BCUT2D eigenvalue weighted by atomic mass is 9.93. The van der Waals surface area contributed by atoms with Crippen molar-refractivity contribution in [1.29, 1.82) is 0 Å². The van der Waals surface area contributed by atoms with Crippen LogP contribution < -0.4 is 4.74 Å². The van der Waals surface area contributed by atoms with Crippen LogP contribution in [-0.2, 0) is 6.42 Å². The van der Waals surface area contributed by atoms with E-state index in [1.165, 1.54) is 63.8 Å². The average Bonchev–Trinajstić information content (AvgIpc) is 2.68. The van der Waals surface area contributed by atoms with Crippen LogP contribution in [0.5, 0.6) is 11.5 Å². The Labute approximate surface area is 152 Å². The second kappa shape index (κ2) is 8.91. The molecule has 1 saturated carbocycles. The number of phenolic OH excluding ortho intramolecular Hbond substituents is 1. The Kier molecular flexibility index (Phi) is 6.60. The van der Waals surface area contributed by atoms with E-state index in [0.29, 0.717) is 11.8 Å². The molecule has 2 aliphatic rings. The molecule has 25 heavy (non-hydrogen) atoms. The highest BCUT2D eigenvalue weighted by atomic mass is 16.5. The summed E-state index contributed by atoms with van der Waals surface area (Å²) >= 11 is 0. The number of rotatable bonds is 6. The van der Waals surface area contributed by atoms with E-state index >= 15 is 0 Å². The Morgan fingerprint density at radius 2 is 1.84 bits per heavy atom. The molecule has 140 valence electrons. The van der Waals surface area contributed by atoms with E-state index in [1.807, 2.05) is 12.1 Å². The number of aryl methyl sites for hydroxylation is 1. The van der Waals surface area contributed by atoms with E-state index < -0.39 is 0 Å². The van der Waals surface area contributed by atoms with Crippen molar-refractivity contribution in [2.45, 2.75) is 64.0 Å². The molecule has 1 saturated heterocycles. The summed E-state index contributed by atoms with van der Waals surface area (Å²) in [6.07, 6.45) is 9.30. The maximum absolute atomic E-state index is 9.71. The molecule has 1 aliphatic carbocycles. The molecule has 3 rings (SSSR count). The number of hydrogen-bond donors (Lipinski definition) is 1. The molecular formula is C21H34N2O2. The zero-order chi connectivity index (χ0) is 17.6. The molecule has 1 aliphatic heterocycles. The summed E-state index contributed by atoms with van der Waals surface area (Å²) in [6.45, 7) is 7.24. The van der Waals surface area contributed by atoms with Gasteiger partial charge in [0.25, 0.3) is 0 Å². The smallest absolute Gasteiger partial charge is 0.160 e. The van der Waals surface area contributed by atoms with E-state index in [0.717, 1.165) is 18.9 Å².